The van der Waals surface area contributed by atoms with Gasteiger partial charge in [-0.1, -0.05) is 18.2 Å². The van der Waals surface area contributed by atoms with Crippen LogP contribution < -0.4 is 27.4 Å². The van der Waals surface area contributed by atoms with Crippen LogP contribution >= 0.6 is 0 Å². The van der Waals surface area contributed by atoms with Gasteiger partial charge in [0.25, 0.3) is 5.56 Å². The summed E-state index contributed by atoms with van der Waals surface area (Å²) < 4.78 is 39.7. The zero-order valence-electron chi connectivity index (χ0n) is 17.3. The first-order valence-electron chi connectivity index (χ1n) is 9.53. The molecule has 0 aliphatic rings. The zero-order valence-corrected chi connectivity index (χ0v) is 17.3. The second-order valence-electron chi connectivity index (χ2n) is 6.73. The van der Waals surface area contributed by atoms with Crippen molar-refractivity contribution in [1.82, 2.24) is 20.3 Å². The van der Waals surface area contributed by atoms with Gasteiger partial charge in [0.05, 0.1) is 12.2 Å². The van der Waals surface area contributed by atoms with Crippen molar-refractivity contribution in [1.29, 1.82) is 5.41 Å². The van der Waals surface area contributed by atoms with Gasteiger partial charge in [-0.15, -0.1) is 0 Å². The van der Waals surface area contributed by atoms with Gasteiger partial charge in [0.2, 0.25) is 11.9 Å². The third kappa shape index (κ3) is 7.58. The Labute approximate surface area is 181 Å². The SMILES string of the molecule is Cc1cnc(NCCc2cccc(C(F)(F)F)c2)c(=O)n1CC(=O)NCCONC(=N)N. The number of benzene rings is 1. The molecule has 0 aliphatic heterocycles. The Balaban J connectivity index is 1.93. The van der Waals surface area contributed by atoms with E-state index in [1.54, 1.807) is 13.0 Å². The Hall–Kier alpha value is -3.61. The maximum atomic E-state index is 12.8. The topological polar surface area (TPSA) is 147 Å². The summed E-state index contributed by atoms with van der Waals surface area (Å²) in [5, 5.41) is 12.3. The molecule has 0 aliphatic carbocycles. The van der Waals surface area contributed by atoms with E-state index in [9.17, 15) is 22.8 Å². The molecule has 1 amide bonds. The van der Waals surface area contributed by atoms with E-state index in [2.05, 4.69) is 21.1 Å². The Bertz CT molecular complexity index is 1010. The van der Waals surface area contributed by atoms with Crippen molar-refractivity contribution in [2.24, 2.45) is 5.73 Å². The van der Waals surface area contributed by atoms with E-state index in [4.69, 9.17) is 16.0 Å². The van der Waals surface area contributed by atoms with E-state index >= 15 is 0 Å². The normalized spacial score (nSPS) is 11.1. The van der Waals surface area contributed by atoms with Gasteiger partial charge in [-0.2, -0.15) is 13.2 Å². The summed E-state index contributed by atoms with van der Waals surface area (Å²) >= 11 is 0. The van der Waals surface area contributed by atoms with Crippen LogP contribution in [0.3, 0.4) is 0 Å². The molecule has 1 aromatic carbocycles. The first-order chi connectivity index (χ1) is 15.1. The van der Waals surface area contributed by atoms with Crippen LogP contribution in [0.4, 0.5) is 19.0 Å². The van der Waals surface area contributed by atoms with Gasteiger partial charge in [-0.05, 0) is 25.0 Å². The number of nitrogens with zero attached hydrogens (tertiary/aromatic N) is 2. The van der Waals surface area contributed by atoms with Crippen molar-refractivity contribution in [3.63, 3.8) is 0 Å². The van der Waals surface area contributed by atoms with Crippen molar-refractivity contribution in [3.8, 4) is 0 Å². The average molecular weight is 455 g/mol. The summed E-state index contributed by atoms with van der Waals surface area (Å²) in [7, 11) is 0. The van der Waals surface area contributed by atoms with Gasteiger partial charge in [0.15, 0.2) is 5.82 Å². The van der Waals surface area contributed by atoms with Crippen LogP contribution in [-0.2, 0) is 28.8 Å². The van der Waals surface area contributed by atoms with E-state index in [-0.39, 0.29) is 44.4 Å². The van der Waals surface area contributed by atoms with Crippen LogP contribution in [0.25, 0.3) is 0 Å². The average Bonchev–Trinajstić information content (AvgIpc) is 2.72. The van der Waals surface area contributed by atoms with Gasteiger partial charge in [0, 0.05) is 25.0 Å². The Morgan fingerprint density at radius 3 is 2.75 bits per heavy atom. The lowest BCUT2D eigenvalue weighted by molar-refractivity contribution is -0.137. The lowest BCUT2D eigenvalue weighted by Gasteiger charge is -2.13. The number of hydroxylamine groups is 1. The van der Waals surface area contributed by atoms with E-state index in [0.717, 1.165) is 12.1 Å². The highest BCUT2D eigenvalue weighted by atomic mass is 19.4. The fraction of sp³-hybridized carbons (Fsp3) is 0.368. The van der Waals surface area contributed by atoms with Crippen LogP contribution in [0.2, 0.25) is 0 Å². The molecule has 2 rings (SSSR count). The lowest BCUT2D eigenvalue weighted by atomic mass is 10.1. The number of nitrogens with two attached hydrogens (primary N) is 1. The molecule has 32 heavy (non-hydrogen) atoms. The highest BCUT2D eigenvalue weighted by molar-refractivity contribution is 5.75. The number of nitrogens with one attached hydrogen (secondary N) is 4. The van der Waals surface area contributed by atoms with Crippen molar-refractivity contribution < 1.29 is 22.8 Å². The summed E-state index contributed by atoms with van der Waals surface area (Å²) in [5.41, 5.74) is 6.81. The second kappa shape index (κ2) is 11.1. The van der Waals surface area contributed by atoms with Gasteiger partial charge >= 0.3 is 6.18 Å². The van der Waals surface area contributed by atoms with Crippen molar-refractivity contribution in [2.45, 2.75) is 26.1 Å². The molecule has 0 atom stereocenters. The van der Waals surface area contributed by atoms with Crippen LogP contribution in [0.1, 0.15) is 16.8 Å². The first-order valence-corrected chi connectivity index (χ1v) is 9.53. The van der Waals surface area contributed by atoms with E-state index < -0.39 is 23.2 Å². The van der Waals surface area contributed by atoms with Gasteiger partial charge in [-0.25, -0.2) is 10.5 Å². The molecule has 2 aromatic rings. The fourth-order valence-electron chi connectivity index (χ4n) is 2.69. The first kappa shape index (κ1) is 24.7. The molecule has 0 radical (unpaired) electrons. The van der Waals surface area contributed by atoms with Gasteiger partial charge < -0.3 is 16.4 Å². The Morgan fingerprint density at radius 1 is 1.31 bits per heavy atom. The number of guanidine groups is 1. The molecule has 10 nitrogen and oxygen atoms in total. The molecule has 0 spiro atoms. The maximum Gasteiger partial charge on any atom is 0.416 e. The monoisotopic (exact) mass is 455 g/mol. The number of carbonyl (C=O) groups is 1. The number of alkyl halides is 3. The van der Waals surface area contributed by atoms with E-state index in [1.165, 1.54) is 16.8 Å². The Kier molecular flexibility index (Phi) is 8.58. The quantitative estimate of drug-likeness (QED) is 0.154. The molecule has 0 saturated carbocycles. The number of halogens is 3. The van der Waals surface area contributed by atoms with Crippen LogP contribution in [-0.4, -0.2) is 41.1 Å². The molecule has 0 bridgehead atoms. The van der Waals surface area contributed by atoms with Crippen LogP contribution in [0.5, 0.6) is 0 Å². The Morgan fingerprint density at radius 2 is 2.06 bits per heavy atom. The van der Waals surface area contributed by atoms with Gasteiger partial charge in [-0.3, -0.25) is 24.4 Å². The number of anilines is 1. The predicted octanol–water partition coefficient (Wildman–Crippen LogP) is 0.756. The lowest BCUT2D eigenvalue weighted by Crippen LogP contribution is -2.37. The van der Waals surface area contributed by atoms with E-state index in [0.29, 0.717) is 11.3 Å². The molecule has 6 N–H and O–H groups in total. The summed E-state index contributed by atoms with van der Waals surface area (Å²) in [6.07, 6.45) is -2.76. The smallest absolute Gasteiger partial charge is 0.368 e. The predicted molar refractivity (Wildman–Crippen MR) is 111 cm³/mol. The highest BCUT2D eigenvalue weighted by Gasteiger charge is 2.30. The molecular formula is C19H24F3N7O3. The number of hydrogen-bond acceptors (Lipinski definition) is 6. The summed E-state index contributed by atoms with van der Waals surface area (Å²) in [5.74, 6) is -0.824. The van der Waals surface area contributed by atoms with Crippen LogP contribution in [0, 0.1) is 12.3 Å². The number of rotatable bonds is 10. The second-order valence-corrected chi connectivity index (χ2v) is 6.73. The minimum absolute atomic E-state index is 0.00984. The molecule has 0 unspecified atom stereocenters. The summed E-state index contributed by atoms with van der Waals surface area (Å²) in [4.78, 5) is 33.6. The molecule has 174 valence electrons. The maximum absolute atomic E-state index is 12.8. The third-order valence-electron chi connectivity index (χ3n) is 4.22. The number of aromatic nitrogens is 2. The minimum atomic E-state index is -4.42. The number of aryl methyl sites for hydroxylation is 1. The van der Waals surface area contributed by atoms with Crippen molar-refractivity contribution >= 4 is 17.7 Å². The zero-order chi connectivity index (χ0) is 23.7. The van der Waals surface area contributed by atoms with Crippen molar-refractivity contribution in [3.05, 3.63) is 57.6 Å². The van der Waals surface area contributed by atoms with Gasteiger partial charge in [0.1, 0.15) is 6.54 Å². The molecule has 1 aromatic heterocycles. The number of carbonyl (C=O) groups excluding carboxylic acids is 1. The summed E-state index contributed by atoms with van der Waals surface area (Å²) in [6, 6.07) is 4.95. The number of hydrogen-bond donors (Lipinski definition) is 5. The molecule has 13 heteroatoms. The molecule has 0 fully saturated rings. The molecule has 0 saturated heterocycles. The summed E-state index contributed by atoms with van der Waals surface area (Å²) in [6.45, 7) is 1.72. The largest absolute Gasteiger partial charge is 0.416 e. The fourth-order valence-corrected chi connectivity index (χ4v) is 2.69. The molecular weight excluding hydrogens is 431 g/mol. The number of amides is 1. The van der Waals surface area contributed by atoms with E-state index in [1.807, 2.05) is 0 Å². The minimum Gasteiger partial charge on any atom is -0.368 e. The molecule has 1 heterocycles. The highest BCUT2D eigenvalue weighted by Crippen LogP contribution is 2.29. The van der Waals surface area contributed by atoms with Crippen molar-refractivity contribution in [2.75, 3.05) is 25.0 Å². The van der Waals surface area contributed by atoms with Crippen LogP contribution in [0.15, 0.2) is 35.3 Å². The standard InChI is InChI=1S/C19H24F3N7O3/c1-12-10-27-16(26-6-5-13-3-2-4-14(9-13)19(20,21)22)17(31)29(12)11-15(30)25-7-8-32-28-18(23)24/h2-4,9-10H,5-8,11H2,1H3,(H,25,30)(H,26,27)(H4,23,24,28). The third-order valence-corrected chi connectivity index (χ3v) is 4.22.